The third-order valence-electron chi connectivity index (χ3n) is 4.24. The number of nitrogens with zero attached hydrogens (tertiary/aromatic N) is 1. The molecule has 2 nitrogen and oxygen atoms in total. The molecule has 2 heteroatoms. The highest BCUT2D eigenvalue weighted by Crippen LogP contribution is 2.30. The van der Waals surface area contributed by atoms with Gasteiger partial charge in [-0.05, 0) is 51.2 Å². The molecule has 1 saturated heterocycles. The molecule has 3 unspecified atom stereocenters. The molecule has 1 heterocycles. The maximum absolute atomic E-state index is 3.32. The predicted molar refractivity (Wildman–Crippen MR) is 65.0 cm³/mol. The molecule has 0 aromatic rings. The monoisotopic (exact) mass is 210 g/mol. The van der Waals surface area contributed by atoms with Gasteiger partial charge in [0.1, 0.15) is 0 Å². The van der Waals surface area contributed by atoms with Gasteiger partial charge in [0.05, 0.1) is 0 Å². The van der Waals surface area contributed by atoms with Crippen molar-refractivity contribution in [1.82, 2.24) is 10.2 Å². The van der Waals surface area contributed by atoms with Crippen LogP contribution in [0.3, 0.4) is 0 Å². The summed E-state index contributed by atoms with van der Waals surface area (Å²) in [6.45, 7) is 6.33. The van der Waals surface area contributed by atoms with Crippen molar-refractivity contribution in [2.24, 2.45) is 11.8 Å². The van der Waals surface area contributed by atoms with Crippen molar-refractivity contribution >= 4 is 0 Å². The third-order valence-corrected chi connectivity index (χ3v) is 4.24. The van der Waals surface area contributed by atoms with Crippen LogP contribution in [0.5, 0.6) is 0 Å². The van der Waals surface area contributed by atoms with Crippen molar-refractivity contribution < 1.29 is 0 Å². The first kappa shape index (κ1) is 11.4. The van der Waals surface area contributed by atoms with Crippen molar-refractivity contribution in [1.29, 1.82) is 0 Å². The van der Waals surface area contributed by atoms with Gasteiger partial charge in [-0.25, -0.2) is 0 Å². The summed E-state index contributed by atoms with van der Waals surface area (Å²) < 4.78 is 0. The summed E-state index contributed by atoms with van der Waals surface area (Å²) in [5.74, 6) is 1.87. The van der Waals surface area contributed by atoms with Gasteiger partial charge in [-0.2, -0.15) is 0 Å². The quantitative estimate of drug-likeness (QED) is 0.767. The summed E-state index contributed by atoms with van der Waals surface area (Å²) in [6, 6.07) is 0.913. The molecule has 0 spiro atoms. The highest BCUT2D eigenvalue weighted by Gasteiger charge is 2.30. The standard InChI is InChI=1S/C13H26N2/c1-11-4-3-5-13(8-11)15-7-6-12(10-15)9-14-2/h11-14H,3-10H2,1-2H3. The largest absolute Gasteiger partial charge is 0.319 e. The van der Waals surface area contributed by atoms with E-state index in [0.29, 0.717) is 0 Å². The first-order valence-electron chi connectivity index (χ1n) is 6.68. The van der Waals surface area contributed by atoms with Gasteiger partial charge < -0.3 is 10.2 Å². The fourth-order valence-corrected chi connectivity index (χ4v) is 3.38. The third kappa shape index (κ3) is 2.94. The molecule has 0 aromatic carbocycles. The first-order valence-corrected chi connectivity index (χ1v) is 6.68. The van der Waals surface area contributed by atoms with Gasteiger partial charge in [0, 0.05) is 12.6 Å². The molecule has 1 N–H and O–H groups in total. The molecular weight excluding hydrogens is 184 g/mol. The van der Waals surface area contributed by atoms with Crippen LogP contribution < -0.4 is 5.32 Å². The molecule has 0 bridgehead atoms. The Hall–Kier alpha value is -0.0800. The fraction of sp³-hybridized carbons (Fsp3) is 1.00. The Morgan fingerprint density at radius 2 is 2.13 bits per heavy atom. The number of hydrogen-bond acceptors (Lipinski definition) is 2. The van der Waals surface area contributed by atoms with E-state index in [1.165, 1.54) is 51.7 Å². The zero-order valence-electron chi connectivity index (χ0n) is 10.3. The summed E-state index contributed by atoms with van der Waals surface area (Å²) in [4.78, 5) is 2.76. The maximum atomic E-state index is 3.32. The Kier molecular flexibility index (Phi) is 4.04. The minimum Gasteiger partial charge on any atom is -0.319 e. The van der Waals surface area contributed by atoms with Crippen LogP contribution in [0.4, 0.5) is 0 Å². The molecule has 2 aliphatic rings. The molecule has 2 fully saturated rings. The summed E-state index contributed by atoms with van der Waals surface area (Å²) in [5, 5.41) is 3.32. The molecule has 0 aromatic heterocycles. The SMILES string of the molecule is CNCC1CCN(C2CCCC(C)C2)C1. The van der Waals surface area contributed by atoms with E-state index in [4.69, 9.17) is 0 Å². The minimum atomic E-state index is 0.909. The normalized spacial score (nSPS) is 38.4. The lowest BCUT2D eigenvalue weighted by atomic mass is 9.86. The van der Waals surface area contributed by atoms with Crippen LogP contribution in [0, 0.1) is 11.8 Å². The van der Waals surface area contributed by atoms with Crippen molar-refractivity contribution in [2.45, 2.75) is 45.1 Å². The molecule has 88 valence electrons. The molecule has 0 radical (unpaired) electrons. The van der Waals surface area contributed by atoms with Crippen LogP contribution in [-0.4, -0.2) is 37.6 Å². The molecule has 0 amide bonds. The van der Waals surface area contributed by atoms with Crippen LogP contribution in [0.1, 0.15) is 39.0 Å². The second-order valence-electron chi connectivity index (χ2n) is 5.63. The summed E-state index contributed by atoms with van der Waals surface area (Å²) in [6.07, 6.45) is 7.23. The minimum absolute atomic E-state index is 0.909. The molecular formula is C13H26N2. The van der Waals surface area contributed by atoms with E-state index < -0.39 is 0 Å². The maximum Gasteiger partial charge on any atom is 0.00979 e. The summed E-state index contributed by atoms with van der Waals surface area (Å²) in [7, 11) is 2.07. The van der Waals surface area contributed by atoms with Gasteiger partial charge >= 0.3 is 0 Å². The van der Waals surface area contributed by atoms with Gasteiger partial charge in [0.25, 0.3) is 0 Å². The lowest BCUT2D eigenvalue weighted by Gasteiger charge is -2.34. The number of likely N-dealkylation sites (tertiary alicyclic amines) is 1. The van der Waals surface area contributed by atoms with Gasteiger partial charge in [0.2, 0.25) is 0 Å². The molecule has 1 aliphatic heterocycles. The average Bonchev–Trinajstić information content (AvgIpc) is 2.67. The highest BCUT2D eigenvalue weighted by molar-refractivity contribution is 4.85. The fourth-order valence-electron chi connectivity index (χ4n) is 3.38. The number of hydrogen-bond donors (Lipinski definition) is 1. The van der Waals surface area contributed by atoms with Crippen molar-refractivity contribution in [3.63, 3.8) is 0 Å². The highest BCUT2D eigenvalue weighted by atomic mass is 15.2. The Morgan fingerprint density at radius 3 is 2.87 bits per heavy atom. The summed E-state index contributed by atoms with van der Waals surface area (Å²) in [5.41, 5.74) is 0. The van der Waals surface area contributed by atoms with Crippen LogP contribution >= 0.6 is 0 Å². The second-order valence-corrected chi connectivity index (χ2v) is 5.63. The predicted octanol–water partition coefficient (Wildman–Crippen LogP) is 2.11. The van der Waals surface area contributed by atoms with Crippen LogP contribution in [0.2, 0.25) is 0 Å². The lowest BCUT2D eigenvalue weighted by Crippen LogP contribution is -2.37. The summed E-state index contributed by atoms with van der Waals surface area (Å²) >= 11 is 0. The van der Waals surface area contributed by atoms with Crippen LogP contribution in [0.25, 0.3) is 0 Å². The Bertz CT molecular complexity index is 193. The van der Waals surface area contributed by atoms with Crippen LogP contribution in [0.15, 0.2) is 0 Å². The van der Waals surface area contributed by atoms with Gasteiger partial charge in [-0.3, -0.25) is 0 Å². The van der Waals surface area contributed by atoms with E-state index in [0.717, 1.165) is 17.9 Å². The number of rotatable bonds is 3. The lowest BCUT2D eigenvalue weighted by molar-refractivity contribution is 0.158. The van der Waals surface area contributed by atoms with E-state index in [1.54, 1.807) is 0 Å². The topological polar surface area (TPSA) is 15.3 Å². The molecule has 1 aliphatic carbocycles. The van der Waals surface area contributed by atoms with Crippen molar-refractivity contribution in [2.75, 3.05) is 26.7 Å². The average molecular weight is 210 g/mol. The van der Waals surface area contributed by atoms with Gasteiger partial charge in [0.15, 0.2) is 0 Å². The van der Waals surface area contributed by atoms with E-state index in [2.05, 4.69) is 24.2 Å². The van der Waals surface area contributed by atoms with Gasteiger partial charge in [-0.1, -0.05) is 19.8 Å². The van der Waals surface area contributed by atoms with E-state index in [-0.39, 0.29) is 0 Å². The first-order chi connectivity index (χ1) is 7.29. The van der Waals surface area contributed by atoms with Crippen molar-refractivity contribution in [3.8, 4) is 0 Å². The van der Waals surface area contributed by atoms with Crippen LogP contribution in [-0.2, 0) is 0 Å². The second kappa shape index (κ2) is 5.31. The van der Waals surface area contributed by atoms with Gasteiger partial charge in [-0.15, -0.1) is 0 Å². The smallest absolute Gasteiger partial charge is 0.00979 e. The zero-order valence-corrected chi connectivity index (χ0v) is 10.3. The van der Waals surface area contributed by atoms with E-state index in [9.17, 15) is 0 Å². The Labute approximate surface area is 94.4 Å². The number of nitrogens with one attached hydrogen (secondary N) is 1. The molecule has 3 atom stereocenters. The van der Waals surface area contributed by atoms with Crippen molar-refractivity contribution in [3.05, 3.63) is 0 Å². The van der Waals surface area contributed by atoms with E-state index >= 15 is 0 Å². The van der Waals surface area contributed by atoms with E-state index in [1.807, 2.05) is 0 Å². The molecule has 15 heavy (non-hydrogen) atoms. The molecule has 1 saturated carbocycles. The Morgan fingerprint density at radius 1 is 1.27 bits per heavy atom. The zero-order chi connectivity index (χ0) is 10.7. The Balaban J connectivity index is 1.79. The molecule has 2 rings (SSSR count).